The average Bonchev–Trinajstić information content (AvgIpc) is 2.67. The van der Waals surface area contributed by atoms with Crippen molar-refractivity contribution in [2.24, 2.45) is 0 Å². The first-order valence-corrected chi connectivity index (χ1v) is 6.15. The van der Waals surface area contributed by atoms with Gasteiger partial charge >= 0.3 is 5.76 Å². The number of halogens is 1. The number of nitrogens with two attached hydrogens (primary N) is 1. The van der Waals surface area contributed by atoms with Gasteiger partial charge in [-0.05, 0) is 29.8 Å². The van der Waals surface area contributed by atoms with Gasteiger partial charge in [-0.2, -0.15) is 0 Å². The van der Waals surface area contributed by atoms with Crippen molar-refractivity contribution in [1.29, 1.82) is 0 Å². The van der Waals surface area contributed by atoms with Crippen LogP contribution in [0.1, 0.15) is 5.56 Å². The molecule has 1 aromatic heterocycles. The van der Waals surface area contributed by atoms with Gasteiger partial charge in [0.05, 0.1) is 12.2 Å². The Balaban J connectivity index is 2.15. The van der Waals surface area contributed by atoms with Crippen LogP contribution in [-0.4, -0.2) is 4.57 Å². The molecular formula is C14H11ClN2O2. The average molecular weight is 275 g/mol. The molecule has 2 aromatic carbocycles. The zero-order valence-corrected chi connectivity index (χ0v) is 10.7. The number of nitrogens with zero attached hydrogens (tertiary/aromatic N) is 1. The largest absolute Gasteiger partial charge is 0.420 e. The number of anilines is 1. The lowest BCUT2D eigenvalue weighted by molar-refractivity contribution is 0.518. The maximum Gasteiger partial charge on any atom is 0.420 e. The first-order chi connectivity index (χ1) is 9.15. The van der Waals surface area contributed by atoms with Crippen LogP contribution in [0.3, 0.4) is 0 Å². The number of aromatic nitrogens is 1. The van der Waals surface area contributed by atoms with Gasteiger partial charge in [-0.1, -0.05) is 29.8 Å². The summed E-state index contributed by atoms with van der Waals surface area (Å²) in [6, 6.07) is 12.6. The van der Waals surface area contributed by atoms with Gasteiger partial charge in [0.15, 0.2) is 5.58 Å². The monoisotopic (exact) mass is 274 g/mol. The van der Waals surface area contributed by atoms with E-state index in [1.54, 1.807) is 24.3 Å². The summed E-state index contributed by atoms with van der Waals surface area (Å²) >= 11 is 5.94. The highest BCUT2D eigenvalue weighted by atomic mass is 35.5. The van der Waals surface area contributed by atoms with Gasteiger partial charge in [-0.3, -0.25) is 4.57 Å². The van der Waals surface area contributed by atoms with Crippen LogP contribution in [0.2, 0.25) is 5.02 Å². The van der Waals surface area contributed by atoms with E-state index in [4.69, 9.17) is 21.8 Å². The predicted octanol–water partition coefficient (Wildman–Crippen LogP) is 2.88. The van der Waals surface area contributed by atoms with Crippen molar-refractivity contribution in [2.45, 2.75) is 6.54 Å². The van der Waals surface area contributed by atoms with Crippen molar-refractivity contribution >= 4 is 28.4 Å². The molecule has 4 nitrogen and oxygen atoms in total. The summed E-state index contributed by atoms with van der Waals surface area (Å²) in [6.07, 6.45) is 0. The van der Waals surface area contributed by atoms with Crippen molar-refractivity contribution in [1.82, 2.24) is 4.57 Å². The fraction of sp³-hybridized carbons (Fsp3) is 0.0714. The molecule has 0 fully saturated rings. The summed E-state index contributed by atoms with van der Waals surface area (Å²) in [4.78, 5) is 11.9. The minimum absolute atomic E-state index is 0.376. The third kappa shape index (κ3) is 2.11. The van der Waals surface area contributed by atoms with Gasteiger partial charge in [0, 0.05) is 5.02 Å². The maximum absolute atomic E-state index is 11.9. The second-order valence-electron chi connectivity index (χ2n) is 4.28. The van der Waals surface area contributed by atoms with Crippen LogP contribution in [0, 0.1) is 0 Å². The number of oxazole rings is 1. The molecular weight excluding hydrogens is 264 g/mol. The van der Waals surface area contributed by atoms with E-state index in [0.29, 0.717) is 28.4 Å². The van der Waals surface area contributed by atoms with Crippen LogP contribution in [-0.2, 0) is 6.54 Å². The SMILES string of the molecule is Nc1cccc2oc(=O)n(Cc3cccc(Cl)c3)c12. The Kier molecular flexibility index (Phi) is 2.80. The van der Waals surface area contributed by atoms with Crippen molar-refractivity contribution in [3.05, 3.63) is 63.6 Å². The first kappa shape index (κ1) is 11.9. The van der Waals surface area contributed by atoms with Crippen molar-refractivity contribution < 1.29 is 4.42 Å². The lowest BCUT2D eigenvalue weighted by atomic mass is 10.2. The molecule has 1 heterocycles. The lowest BCUT2D eigenvalue weighted by Gasteiger charge is -2.04. The summed E-state index contributed by atoms with van der Waals surface area (Å²) in [5, 5.41) is 0.631. The number of rotatable bonds is 2. The van der Waals surface area contributed by atoms with E-state index in [1.165, 1.54) is 4.57 Å². The molecule has 2 N–H and O–H groups in total. The third-order valence-corrected chi connectivity index (χ3v) is 3.18. The molecule has 3 rings (SSSR count). The standard InChI is InChI=1S/C14H11ClN2O2/c15-10-4-1-3-9(7-10)8-17-13-11(16)5-2-6-12(13)19-14(17)18/h1-7H,8,16H2. The van der Waals surface area contributed by atoms with E-state index in [-0.39, 0.29) is 0 Å². The zero-order valence-electron chi connectivity index (χ0n) is 9.97. The number of hydrogen-bond acceptors (Lipinski definition) is 3. The molecule has 0 aliphatic heterocycles. The topological polar surface area (TPSA) is 61.2 Å². The highest BCUT2D eigenvalue weighted by Crippen LogP contribution is 2.21. The molecule has 3 aromatic rings. The van der Waals surface area contributed by atoms with Crippen LogP contribution in [0.15, 0.2) is 51.7 Å². The van der Waals surface area contributed by atoms with E-state index in [0.717, 1.165) is 5.56 Å². The number of benzene rings is 2. The molecule has 5 heteroatoms. The van der Waals surface area contributed by atoms with Crippen LogP contribution in [0.25, 0.3) is 11.1 Å². The van der Waals surface area contributed by atoms with Crippen molar-refractivity contribution in [3.63, 3.8) is 0 Å². The second kappa shape index (κ2) is 4.48. The molecule has 0 amide bonds. The normalized spacial score (nSPS) is 11.0. The van der Waals surface area contributed by atoms with Crippen LogP contribution >= 0.6 is 11.6 Å². The Morgan fingerprint density at radius 3 is 2.79 bits per heavy atom. The van der Waals surface area contributed by atoms with Gasteiger partial charge < -0.3 is 10.2 Å². The quantitative estimate of drug-likeness (QED) is 0.731. The fourth-order valence-electron chi connectivity index (χ4n) is 2.11. The number of nitrogen functional groups attached to an aromatic ring is 1. The van der Waals surface area contributed by atoms with Gasteiger partial charge in [0.25, 0.3) is 0 Å². The highest BCUT2D eigenvalue weighted by Gasteiger charge is 2.12. The maximum atomic E-state index is 11.9. The van der Waals surface area contributed by atoms with E-state index < -0.39 is 5.76 Å². The molecule has 0 atom stereocenters. The fourth-order valence-corrected chi connectivity index (χ4v) is 2.33. The number of hydrogen-bond donors (Lipinski definition) is 1. The highest BCUT2D eigenvalue weighted by molar-refractivity contribution is 6.30. The number of fused-ring (bicyclic) bond motifs is 1. The van der Waals surface area contributed by atoms with E-state index in [9.17, 15) is 4.79 Å². The number of para-hydroxylation sites is 1. The molecule has 0 aliphatic rings. The van der Waals surface area contributed by atoms with E-state index >= 15 is 0 Å². The zero-order chi connectivity index (χ0) is 13.4. The third-order valence-electron chi connectivity index (χ3n) is 2.95. The van der Waals surface area contributed by atoms with E-state index in [1.807, 2.05) is 18.2 Å². The van der Waals surface area contributed by atoms with Gasteiger partial charge in [-0.15, -0.1) is 0 Å². The second-order valence-corrected chi connectivity index (χ2v) is 4.71. The molecule has 0 aliphatic carbocycles. The summed E-state index contributed by atoms with van der Waals surface area (Å²) in [7, 11) is 0. The molecule has 0 unspecified atom stereocenters. The summed E-state index contributed by atoms with van der Waals surface area (Å²) < 4.78 is 6.69. The summed E-state index contributed by atoms with van der Waals surface area (Å²) in [5.74, 6) is -0.423. The molecule has 0 spiro atoms. The van der Waals surface area contributed by atoms with Crippen molar-refractivity contribution in [2.75, 3.05) is 5.73 Å². The van der Waals surface area contributed by atoms with Crippen LogP contribution in [0.4, 0.5) is 5.69 Å². The first-order valence-electron chi connectivity index (χ1n) is 5.77. The molecule has 0 saturated carbocycles. The Bertz CT molecular complexity index is 805. The Morgan fingerprint density at radius 2 is 2.00 bits per heavy atom. The molecule has 0 bridgehead atoms. The lowest BCUT2D eigenvalue weighted by Crippen LogP contribution is -2.15. The van der Waals surface area contributed by atoms with Gasteiger partial charge in [0.1, 0.15) is 5.52 Å². The van der Waals surface area contributed by atoms with Crippen LogP contribution < -0.4 is 11.5 Å². The predicted molar refractivity (Wildman–Crippen MR) is 75.4 cm³/mol. The molecule has 0 saturated heterocycles. The minimum Gasteiger partial charge on any atom is -0.408 e. The molecule has 19 heavy (non-hydrogen) atoms. The summed E-state index contributed by atoms with van der Waals surface area (Å²) in [6.45, 7) is 0.376. The van der Waals surface area contributed by atoms with Crippen molar-refractivity contribution in [3.8, 4) is 0 Å². The van der Waals surface area contributed by atoms with E-state index in [2.05, 4.69) is 0 Å². The molecule has 0 radical (unpaired) electrons. The smallest absolute Gasteiger partial charge is 0.408 e. The summed E-state index contributed by atoms with van der Waals surface area (Å²) in [5.41, 5.74) is 8.45. The van der Waals surface area contributed by atoms with Gasteiger partial charge in [0.2, 0.25) is 0 Å². The van der Waals surface area contributed by atoms with Crippen LogP contribution in [0.5, 0.6) is 0 Å². The Morgan fingerprint density at radius 1 is 1.21 bits per heavy atom. The Labute approximate surface area is 114 Å². The minimum atomic E-state index is -0.423. The molecule has 96 valence electrons. The van der Waals surface area contributed by atoms with Gasteiger partial charge in [-0.25, -0.2) is 4.79 Å². The Hall–Kier alpha value is -2.20.